The van der Waals surface area contributed by atoms with Crippen LogP contribution in [0.25, 0.3) is 10.9 Å². The van der Waals surface area contributed by atoms with Gasteiger partial charge in [-0.2, -0.15) is 0 Å². The largest absolute Gasteiger partial charge is 0.478 e. The van der Waals surface area contributed by atoms with Gasteiger partial charge in [0, 0.05) is 49.9 Å². The fourth-order valence-corrected chi connectivity index (χ4v) is 3.25. The SMILES string of the molecule is O=C(O)C1(Oc2ccc3ncccc3c2)CCN(c2cnccn2)CC1. The molecule has 1 aromatic carbocycles. The summed E-state index contributed by atoms with van der Waals surface area (Å²) in [6, 6.07) is 9.23. The molecule has 3 heterocycles. The molecular weight excluding hydrogens is 332 g/mol. The van der Waals surface area contributed by atoms with Crippen LogP contribution in [0.15, 0.2) is 55.1 Å². The first-order valence-electron chi connectivity index (χ1n) is 8.44. The van der Waals surface area contributed by atoms with Gasteiger partial charge in [0.05, 0.1) is 11.7 Å². The van der Waals surface area contributed by atoms with Crippen LogP contribution in [0.3, 0.4) is 0 Å². The lowest BCUT2D eigenvalue weighted by molar-refractivity contribution is -0.157. The van der Waals surface area contributed by atoms with E-state index in [1.807, 2.05) is 29.2 Å². The number of benzene rings is 1. The Labute approximate surface area is 150 Å². The Hall–Kier alpha value is -3.22. The molecule has 132 valence electrons. The van der Waals surface area contributed by atoms with Gasteiger partial charge in [-0.1, -0.05) is 6.07 Å². The van der Waals surface area contributed by atoms with E-state index < -0.39 is 11.6 Å². The number of carboxylic acid groups (broad SMARTS) is 1. The third kappa shape index (κ3) is 3.03. The van der Waals surface area contributed by atoms with Gasteiger partial charge < -0.3 is 14.7 Å². The van der Waals surface area contributed by atoms with Crippen molar-refractivity contribution in [3.63, 3.8) is 0 Å². The van der Waals surface area contributed by atoms with E-state index in [2.05, 4.69) is 15.0 Å². The zero-order valence-electron chi connectivity index (χ0n) is 14.1. The average molecular weight is 350 g/mol. The van der Waals surface area contributed by atoms with Crippen LogP contribution >= 0.6 is 0 Å². The van der Waals surface area contributed by atoms with Crippen molar-refractivity contribution in [2.75, 3.05) is 18.0 Å². The summed E-state index contributed by atoms with van der Waals surface area (Å²) < 4.78 is 6.01. The van der Waals surface area contributed by atoms with E-state index in [0.717, 1.165) is 16.7 Å². The van der Waals surface area contributed by atoms with Gasteiger partial charge in [0.2, 0.25) is 5.60 Å². The van der Waals surface area contributed by atoms with Crippen LogP contribution in [-0.2, 0) is 4.79 Å². The Kier molecular flexibility index (Phi) is 4.12. The molecule has 3 aromatic rings. The topological polar surface area (TPSA) is 88.4 Å². The second kappa shape index (κ2) is 6.59. The minimum absolute atomic E-state index is 0.365. The molecule has 2 aromatic heterocycles. The highest BCUT2D eigenvalue weighted by Crippen LogP contribution is 2.32. The van der Waals surface area contributed by atoms with E-state index in [4.69, 9.17) is 4.74 Å². The number of pyridine rings is 1. The van der Waals surface area contributed by atoms with Crippen LogP contribution in [-0.4, -0.2) is 44.7 Å². The monoisotopic (exact) mass is 350 g/mol. The van der Waals surface area contributed by atoms with E-state index in [9.17, 15) is 9.90 Å². The van der Waals surface area contributed by atoms with Gasteiger partial charge in [-0.25, -0.2) is 9.78 Å². The second-order valence-corrected chi connectivity index (χ2v) is 6.31. The molecule has 1 saturated heterocycles. The number of hydrogen-bond donors (Lipinski definition) is 1. The Morgan fingerprint density at radius 1 is 1.12 bits per heavy atom. The molecule has 0 saturated carbocycles. The van der Waals surface area contributed by atoms with Gasteiger partial charge in [0.15, 0.2) is 0 Å². The van der Waals surface area contributed by atoms with Gasteiger partial charge in [0.25, 0.3) is 0 Å². The molecule has 1 fully saturated rings. The predicted octanol–water partition coefficient (Wildman–Crippen LogP) is 2.53. The number of fused-ring (bicyclic) bond motifs is 1. The van der Waals surface area contributed by atoms with Crippen LogP contribution in [0.2, 0.25) is 0 Å². The lowest BCUT2D eigenvalue weighted by Gasteiger charge is -2.39. The minimum Gasteiger partial charge on any atom is -0.478 e. The van der Waals surface area contributed by atoms with Crippen LogP contribution in [0, 0.1) is 0 Å². The Morgan fingerprint density at radius 3 is 2.69 bits per heavy atom. The maximum absolute atomic E-state index is 12.0. The number of rotatable bonds is 4. The van der Waals surface area contributed by atoms with Gasteiger partial charge >= 0.3 is 5.97 Å². The molecule has 0 aliphatic carbocycles. The Bertz CT molecular complexity index is 924. The zero-order chi connectivity index (χ0) is 18.0. The third-order valence-corrected chi connectivity index (χ3v) is 4.72. The first-order valence-corrected chi connectivity index (χ1v) is 8.44. The molecule has 1 aliphatic rings. The van der Waals surface area contributed by atoms with Crippen molar-refractivity contribution in [1.82, 2.24) is 15.0 Å². The van der Waals surface area contributed by atoms with Crippen LogP contribution < -0.4 is 9.64 Å². The van der Waals surface area contributed by atoms with E-state index in [0.29, 0.717) is 31.7 Å². The van der Waals surface area contributed by atoms with Gasteiger partial charge in [-0.3, -0.25) is 9.97 Å². The van der Waals surface area contributed by atoms with Gasteiger partial charge in [-0.05, 0) is 24.3 Å². The Balaban J connectivity index is 1.55. The van der Waals surface area contributed by atoms with Crippen molar-refractivity contribution in [3.05, 3.63) is 55.1 Å². The smallest absolute Gasteiger partial charge is 0.348 e. The summed E-state index contributed by atoms with van der Waals surface area (Å²) in [6.07, 6.45) is 7.39. The van der Waals surface area contributed by atoms with Crippen molar-refractivity contribution < 1.29 is 14.6 Å². The molecular formula is C19H18N4O3. The number of carboxylic acids is 1. The number of aromatic nitrogens is 3. The summed E-state index contributed by atoms with van der Waals surface area (Å²) >= 11 is 0. The third-order valence-electron chi connectivity index (χ3n) is 4.72. The maximum Gasteiger partial charge on any atom is 0.348 e. The molecule has 7 heteroatoms. The van der Waals surface area contributed by atoms with E-state index >= 15 is 0 Å². The molecule has 4 rings (SSSR count). The number of hydrogen-bond acceptors (Lipinski definition) is 6. The van der Waals surface area contributed by atoms with Crippen LogP contribution in [0.1, 0.15) is 12.8 Å². The predicted molar refractivity (Wildman–Crippen MR) is 96.2 cm³/mol. The molecule has 0 spiro atoms. The minimum atomic E-state index is -1.24. The summed E-state index contributed by atoms with van der Waals surface area (Å²) in [4.78, 5) is 26.7. The van der Waals surface area contributed by atoms with Crippen molar-refractivity contribution in [2.24, 2.45) is 0 Å². The second-order valence-electron chi connectivity index (χ2n) is 6.31. The first-order chi connectivity index (χ1) is 12.7. The van der Waals surface area contributed by atoms with Crippen molar-refractivity contribution in [3.8, 4) is 5.75 Å². The summed E-state index contributed by atoms with van der Waals surface area (Å²) in [6.45, 7) is 1.08. The fraction of sp³-hybridized carbons (Fsp3) is 0.263. The van der Waals surface area contributed by atoms with Crippen molar-refractivity contribution >= 4 is 22.7 Å². The number of anilines is 1. The zero-order valence-corrected chi connectivity index (χ0v) is 14.1. The van der Waals surface area contributed by atoms with E-state index in [-0.39, 0.29) is 0 Å². The molecule has 1 aliphatic heterocycles. The number of ether oxygens (including phenoxy) is 1. The molecule has 1 N–H and O–H groups in total. The summed E-state index contributed by atoms with van der Waals surface area (Å²) in [5, 5.41) is 10.8. The molecule has 0 amide bonds. The van der Waals surface area contributed by atoms with Crippen LogP contribution in [0.4, 0.5) is 5.82 Å². The lowest BCUT2D eigenvalue weighted by Crippen LogP contribution is -2.53. The first kappa shape index (κ1) is 16.3. The van der Waals surface area contributed by atoms with Gasteiger partial charge in [-0.15, -0.1) is 0 Å². The van der Waals surface area contributed by atoms with Crippen LogP contribution in [0.5, 0.6) is 5.75 Å². The van der Waals surface area contributed by atoms with Crippen molar-refractivity contribution in [2.45, 2.75) is 18.4 Å². The number of carbonyl (C=O) groups is 1. The normalized spacial score (nSPS) is 16.4. The standard InChI is InChI=1S/C19H18N4O3/c24-18(25)19(5-10-23(11-6-19)17-13-20-8-9-22-17)26-15-3-4-16-14(12-15)2-1-7-21-16/h1-4,7-9,12-13H,5-6,10-11H2,(H,24,25). The quantitative estimate of drug-likeness (QED) is 0.773. The van der Waals surface area contributed by atoms with E-state index in [1.54, 1.807) is 30.9 Å². The number of piperidine rings is 1. The molecule has 26 heavy (non-hydrogen) atoms. The maximum atomic E-state index is 12.0. The summed E-state index contributed by atoms with van der Waals surface area (Å²) in [5.41, 5.74) is -0.393. The molecule has 0 radical (unpaired) electrons. The summed E-state index contributed by atoms with van der Waals surface area (Å²) in [5.74, 6) is 0.353. The summed E-state index contributed by atoms with van der Waals surface area (Å²) in [7, 11) is 0. The highest BCUT2D eigenvalue weighted by molar-refractivity contribution is 5.81. The molecule has 0 unspecified atom stereocenters. The van der Waals surface area contributed by atoms with E-state index in [1.165, 1.54) is 0 Å². The average Bonchev–Trinajstić information content (AvgIpc) is 2.69. The molecule has 0 atom stereocenters. The number of aliphatic carboxylic acids is 1. The lowest BCUT2D eigenvalue weighted by atomic mass is 9.91. The molecule has 7 nitrogen and oxygen atoms in total. The molecule has 0 bridgehead atoms. The highest BCUT2D eigenvalue weighted by Gasteiger charge is 2.44. The highest BCUT2D eigenvalue weighted by atomic mass is 16.5. The fourth-order valence-electron chi connectivity index (χ4n) is 3.25. The van der Waals surface area contributed by atoms with Crippen molar-refractivity contribution in [1.29, 1.82) is 0 Å². The van der Waals surface area contributed by atoms with Gasteiger partial charge in [0.1, 0.15) is 11.6 Å². The Morgan fingerprint density at radius 2 is 1.96 bits per heavy atom. The number of nitrogens with zero attached hydrogens (tertiary/aromatic N) is 4.